The van der Waals surface area contributed by atoms with Gasteiger partial charge in [0, 0.05) is 23.1 Å². The lowest BCUT2D eigenvalue weighted by atomic mass is 10.1. The average molecular weight is 297 g/mol. The Labute approximate surface area is 122 Å². The molecule has 19 heavy (non-hydrogen) atoms. The number of aromatic nitrogens is 2. The standard InChI is InChI=1S/C14H14Cl2N2O/c1-8-6-12(14(19)9(2)15)10(3)18(8)13-5-4-11(16)7-17-13/h4-7,9H,1-3H3. The maximum Gasteiger partial charge on any atom is 0.182 e. The number of aryl methyl sites for hydroxylation is 1. The van der Waals surface area contributed by atoms with Crippen LogP contribution in [-0.4, -0.2) is 20.7 Å². The maximum absolute atomic E-state index is 12.0. The zero-order chi connectivity index (χ0) is 14.2. The number of carbonyl (C=O) groups excluding carboxylic acids is 1. The summed E-state index contributed by atoms with van der Waals surface area (Å²) in [7, 11) is 0. The SMILES string of the molecule is Cc1cc(C(=O)C(C)Cl)c(C)n1-c1ccc(Cl)cn1. The van der Waals surface area contributed by atoms with Crippen LogP contribution < -0.4 is 0 Å². The summed E-state index contributed by atoms with van der Waals surface area (Å²) in [5.74, 6) is 0.663. The van der Waals surface area contributed by atoms with Crippen LogP contribution in [0.4, 0.5) is 0 Å². The van der Waals surface area contributed by atoms with Gasteiger partial charge in [0.2, 0.25) is 0 Å². The van der Waals surface area contributed by atoms with E-state index in [-0.39, 0.29) is 5.78 Å². The Morgan fingerprint density at radius 3 is 2.58 bits per heavy atom. The second-order valence-electron chi connectivity index (χ2n) is 4.44. The molecule has 0 saturated carbocycles. The van der Waals surface area contributed by atoms with Crippen molar-refractivity contribution in [1.82, 2.24) is 9.55 Å². The predicted octanol–water partition coefficient (Wildman–Crippen LogP) is 3.95. The number of ketones is 1. The van der Waals surface area contributed by atoms with Crippen LogP contribution in [0.2, 0.25) is 5.02 Å². The molecule has 0 aliphatic rings. The molecule has 0 N–H and O–H groups in total. The monoisotopic (exact) mass is 296 g/mol. The van der Waals surface area contributed by atoms with Gasteiger partial charge in [-0.25, -0.2) is 4.98 Å². The van der Waals surface area contributed by atoms with E-state index in [1.54, 1.807) is 19.2 Å². The van der Waals surface area contributed by atoms with Crippen molar-refractivity contribution in [2.45, 2.75) is 26.1 Å². The Balaban J connectivity index is 2.54. The van der Waals surface area contributed by atoms with Gasteiger partial charge >= 0.3 is 0 Å². The molecule has 0 bridgehead atoms. The van der Waals surface area contributed by atoms with Crippen molar-refractivity contribution in [3.63, 3.8) is 0 Å². The third kappa shape index (κ3) is 2.67. The molecule has 2 aromatic rings. The fourth-order valence-electron chi connectivity index (χ4n) is 2.08. The first-order valence-corrected chi connectivity index (χ1v) is 6.72. The Hall–Kier alpha value is -1.32. The van der Waals surface area contributed by atoms with Crippen molar-refractivity contribution in [2.75, 3.05) is 0 Å². The number of rotatable bonds is 3. The summed E-state index contributed by atoms with van der Waals surface area (Å²) < 4.78 is 1.92. The Kier molecular flexibility index (Phi) is 3.97. The molecule has 2 heterocycles. The summed E-state index contributed by atoms with van der Waals surface area (Å²) in [4.78, 5) is 16.3. The normalized spacial score (nSPS) is 12.5. The number of pyridine rings is 1. The lowest BCUT2D eigenvalue weighted by Crippen LogP contribution is -2.12. The maximum atomic E-state index is 12.0. The van der Waals surface area contributed by atoms with E-state index in [1.807, 2.05) is 30.5 Å². The number of Topliss-reactive ketones (excluding diaryl/α,β-unsaturated/α-hetero) is 1. The predicted molar refractivity (Wildman–Crippen MR) is 77.7 cm³/mol. The van der Waals surface area contributed by atoms with Gasteiger partial charge in [-0.1, -0.05) is 11.6 Å². The molecule has 1 unspecified atom stereocenters. The van der Waals surface area contributed by atoms with E-state index in [0.29, 0.717) is 10.6 Å². The van der Waals surface area contributed by atoms with Crippen LogP contribution in [0.25, 0.3) is 5.82 Å². The van der Waals surface area contributed by atoms with Crippen LogP contribution >= 0.6 is 23.2 Å². The van der Waals surface area contributed by atoms with Crippen LogP contribution in [-0.2, 0) is 0 Å². The molecule has 2 rings (SSSR count). The van der Waals surface area contributed by atoms with Crippen LogP contribution in [0.3, 0.4) is 0 Å². The zero-order valence-corrected chi connectivity index (χ0v) is 12.5. The van der Waals surface area contributed by atoms with E-state index in [9.17, 15) is 4.79 Å². The number of hydrogen-bond acceptors (Lipinski definition) is 2. The molecule has 0 radical (unpaired) electrons. The first-order valence-electron chi connectivity index (χ1n) is 5.91. The average Bonchev–Trinajstić information content (AvgIpc) is 2.65. The van der Waals surface area contributed by atoms with Gasteiger partial charge in [-0.15, -0.1) is 11.6 Å². The molecule has 0 spiro atoms. The molecule has 0 amide bonds. The summed E-state index contributed by atoms with van der Waals surface area (Å²) >= 11 is 11.7. The molecule has 2 aromatic heterocycles. The fourth-order valence-corrected chi connectivity index (χ4v) is 2.31. The Morgan fingerprint density at radius 1 is 1.37 bits per heavy atom. The van der Waals surface area contributed by atoms with Gasteiger partial charge < -0.3 is 4.57 Å². The second-order valence-corrected chi connectivity index (χ2v) is 5.53. The number of nitrogens with zero attached hydrogens (tertiary/aromatic N) is 2. The smallest absolute Gasteiger partial charge is 0.182 e. The zero-order valence-electron chi connectivity index (χ0n) is 10.9. The van der Waals surface area contributed by atoms with Crippen LogP contribution in [0.1, 0.15) is 28.7 Å². The van der Waals surface area contributed by atoms with Crippen molar-refractivity contribution < 1.29 is 4.79 Å². The second kappa shape index (κ2) is 5.35. The summed E-state index contributed by atoms with van der Waals surface area (Å²) in [5, 5.41) is 0.0454. The van der Waals surface area contributed by atoms with Crippen LogP contribution in [0.15, 0.2) is 24.4 Å². The van der Waals surface area contributed by atoms with E-state index >= 15 is 0 Å². The van der Waals surface area contributed by atoms with E-state index < -0.39 is 5.38 Å². The first kappa shape index (κ1) is 14.1. The summed E-state index contributed by atoms with van der Waals surface area (Å²) in [6.07, 6.45) is 1.58. The van der Waals surface area contributed by atoms with Crippen molar-refractivity contribution in [1.29, 1.82) is 0 Å². The quantitative estimate of drug-likeness (QED) is 0.635. The van der Waals surface area contributed by atoms with Gasteiger partial charge in [-0.3, -0.25) is 4.79 Å². The molecule has 0 fully saturated rings. The number of hydrogen-bond donors (Lipinski definition) is 0. The fraction of sp³-hybridized carbons (Fsp3) is 0.286. The number of halogens is 2. The van der Waals surface area contributed by atoms with E-state index in [2.05, 4.69) is 4.98 Å². The van der Waals surface area contributed by atoms with Gasteiger partial charge in [0.1, 0.15) is 5.82 Å². The minimum absolute atomic E-state index is 0.0741. The molecule has 0 saturated heterocycles. The summed E-state index contributed by atoms with van der Waals surface area (Å²) in [5.41, 5.74) is 2.41. The molecule has 100 valence electrons. The third-order valence-corrected chi connectivity index (χ3v) is 3.42. The van der Waals surface area contributed by atoms with Crippen LogP contribution in [0, 0.1) is 13.8 Å². The van der Waals surface area contributed by atoms with E-state index in [0.717, 1.165) is 17.2 Å². The van der Waals surface area contributed by atoms with Crippen molar-refractivity contribution in [3.8, 4) is 5.82 Å². The highest BCUT2D eigenvalue weighted by Crippen LogP contribution is 2.22. The molecular formula is C14H14Cl2N2O. The molecule has 0 aromatic carbocycles. The Bertz CT molecular complexity index is 615. The molecule has 0 aliphatic heterocycles. The van der Waals surface area contributed by atoms with Gasteiger partial charge in [-0.05, 0) is 39.0 Å². The van der Waals surface area contributed by atoms with Crippen molar-refractivity contribution in [3.05, 3.63) is 46.4 Å². The molecule has 0 aliphatic carbocycles. The lowest BCUT2D eigenvalue weighted by molar-refractivity contribution is 0.0991. The summed E-state index contributed by atoms with van der Waals surface area (Å²) in [6.45, 7) is 5.49. The van der Waals surface area contributed by atoms with E-state index in [1.165, 1.54) is 0 Å². The molecule has 1 atom stereocenters. The lowest BCUT2D eigenvalue weighted by Gasteiger charge is -2.09. The van der Waals surface area contributed by atoms with Gasteiger partial charge in [-0.2, -0.15) is 0 Å². The van der Waals surface area contributed by atoms with Gasteiger partial charge in [0.25, 0.3) is 0 Å². The minimum Gasteiger partial charge on any atom is -0.302 e. The van der Waals surface area contributed by atoms with Gasteiger partial charge in [0.15, 0.2) is 5.78 Å². The Morgan fingerprint density at radius 2 is 2.05 bits per heavy atom. The molecule has 5 heteroatoms. The third-order valence-electron chi connectivity index (χ3n) is 3.00. The largest absolute Gasteiger partial charge is 0.302 e. The van der Waals surface area contributed by atoms with Crippen LogP contribution in [0.5, 0.6) is 0 Å². The highest BCUT2D eigenvalue weighted by atomic mass is 35.5. The van der Waals surface area contributed by atoms with E-state index in [4.69, 9.17) is 23.2 Å². The number of carbonyl (C=O) groups is 1. The highest BCUT2D eigenvalue weighted by molar-refractivity contribution is 6.33. The first-order chi connectivity index (χ1) is 8.91. The minimum atomic E-state index is -0.535. The molecule has 3 nitrogen and oxygen atoms in total. The topological polar surface area (TPSA) is 34.9 Å². The highest BCUT2D eigenvalue weighted by Gasteiger charge is 2.20. The summed E-state index contributed by atoms with van der Waals surface area (Å²) in [6, 6.07) is 5.43. The van der Waals surface area contributed by atoms with Crippen molar-refractivity contribution in [2.24, 2.45) is 0 Å². The number of alkyl halides is 1. The molecular weight excluding hydrogens is 283 g/mol. The van der Waals surface area contributed by atoms with Gasteiger partial charge in [0.05, 0.1) is 10.4 Å². The van der Waals surface area contributed by atoms with Crippen molar-refractivity contribution >= 4 is 29.0 Å².